The molecule has 0 saturated heterocycles. The van der Waals surface area contributed by atoms with Gasteiger partial charge in [-0.1, -0.05) is 35.0 Å². The van der Waals surface area contributed by atoms with E-state index in [1.54, 1.807) is 0 Å². The summed E-state index contributed by atoms with van der Waals surface area (Å²) >= 11 is 3.42. The maximum absolute atomic E-state index is 5.69. The Morgan fingerprint density at radius 1 is 1.14 bits per heavy atom. The van der Waals surface area contributed by atoms with Crippen molar-refractivity contribution >= 4 is 21.7 Å². The maximum atomic E-state index is 5.69. The topological polar surface area (TPSA) is 47.0 Å². The molecule has 4 nitrogen and oxygen atoms in total. The fourth-order valence-corrected chi connectivity index (χ4v) is 2.14. The van der Waals surface area contributed by atoms with Gasteiger partial charge in [0.25, 0.3) is 0 Å². The SMILES string of the molecule is CCCNc1cc(C)nc(COCc2ccc(Br)cc2)n1. The molecule has 112 valence electrons. The lowest BCUT2D eigenvalue weighted by Crippen LogP contribution is -2.07. The summed E-state index contributed by atoms with van der Waals surface area (Å²) in [5.41, 5.74) is 2.08. The molecule has 21 heavy (non-hydrogen) atoms. The molecule has 5 heteroatoms. The third-order valence-electron chi connectivity index (χ3n) is 2.87. The van der Waals surface area contributed by atoms with E-state index in [0.717, 1.165) is 34.5 Å². The van der Waals surface area contributed by atoms with Crippen LogP contribution in [-0.4, -0.2) is 16.5 Å². The summed E-state index contributed by atoms with van der Waals surface area (Å²) in [7, 11) is 0. The lowest BCUT2D eigenvalue weighted by atomic mass is 10.2. The zero-order chi connectivity index (χ0) is 15.1. The Labute approximate surface area is 134 Å². The van der Waals surface area contributed by atoms with E-state index < -0.39 is 0 Å². The van der Waals surface area contributed by atoms with Gasteiger partial charge in [-0.15, -0.1) is 0 Å². The Bertz CT molecular complexity index is 572. The third kappa shape index (κ3) is 5.44. The van der Waals surface area contributed by atoms with Crippen molar-refractivity contribution in [2.24, 2.45) is 0 Å². The first kappa shape index (κ1) is 15.9. The first-order chi connectivity index (χ1) is 10.2. The molecule has 0 amide bonds. The van der Waals surface area contributed by atoms with Crippen LogP contribution in [0.15, 0.2) is 34.8 Å². The van der Waals surface area contributed by atoms with Gasteiger partial charge in [0.2, 0.25) is 0 Å². The largest absolute Gasteiger partial charge is 0.370 e. The predicted octanol–water partition coefficient (Wildman–Crippen LogP) is 4.09. The first-order valence-corrected chi connectivity index (χ1v) is 7.87. The van der Waals surface area contributed by atoms with Crippen LogP contribution in [0.3, 0.4) is 0 Å². The molecule has 0 unspecified atom stereocenters. The number of halogens is 1. The highest BCUT2D eigenvalue weighted by Gasteiger charge is 2.03. The normalized spacial score (nSPS) is 10.6. The van der Waals surface area contributed by atoms with Gasteiger partial charge in [0.05, 0.1) is 6.61 Å². The second kappa shape index (κ2) is 8.10. The summed E-state index contributed by atoms with van der Waals surface area (Å²) in [6.07, 6.45) is 1.07. The van der Waals surface area contributed by atoms with Gasteiger partial charge in [0, 0.05) is 22.8 Å². The van der Waals surface area contributed by atoms with Gasteiger partial charge in [0.1, 0.15) is 12.4 Å². The minimum absolute atomic E-state index is 0.415. The molecule has 1 aromatic carbocycles. The van der Waals surface area contributed by atoms with E-state index in [4.69, 9.17) is 4.74 Å². The van der Waals surface area contributed by atoms with Crippen molar-refractivity contribution in [1.82, 2.24) is 9.97 Å². The number of aromatic nitrogens is 2. The van der Waals surface area contributed by atoms with Crippen LogP contribution in [0.5, 0.6) is 0 Å². The number of benzene rings is 1. The Morgan fingerprint density at radius 3 is 2.62 bits per heavy atom. The average molecular weight is 350 g/mol. The Kier molecular flexibility index (Phi) is 6.14. The molecule has 0 radical (unpaired) electrons. The average Bonchev–Trinajstić information content (AvgIpc) is 2.47. The quantitative estimate of drug-likeness (QED) is 0.817. The Hall–Kier alpha value is -1.46. The zero-order valence-corrected chi connectivity index (χ0v) is 14.0. The standard InChI is InChI=1S/C16H20BrN3O/c1-3-8-18-15-9-12(2)19-16(20-15)11-21-10-13-4-6-14(17)7-5-13/h4-7,9H,3,8,10-11H2,1-2H3,(H,18,19,20). The van der Waals surface area contributed by atoms with Gasteiger partial charge >= 0.3 is 0 Å². The molecule has 1 aromatic heterocycles. The number of nitrogens with one attached hydrogen (secondary N) is 1. The Balaban J connectivity index is 1.90. The minimum atomic E-state index is 0.415. The monoisotopic (exact) mass is 349 g/mol. The van der Waals surface area contributed by atoms with Crippen molar-refractivity contribution in [1.29, 1.82) is 0 Å². The van der Waals surface area contributed by atoms with Crippen LogP contribution in [0.1, 0.15) is 30.4 Å². The molecule has 0 aliphatic rings. The van der Waals surface area contributed by atoms with Gasteiger partial charge < -0.3 is 10.1 Å². The highest BCUT2D eigenvalue weighted by Crippen LogP contribution is 2.12. The summed E-state index contributed by atoms with van der Waals surface area (Å²) in [6, 6.07) is 10.0. The molecule has 0 atom stereocenters. The van der Waals surface area contributed by atoms with Crippen LogP contribution in [-0.2, 0) is 18.0 Å². The lowest BCUT2D eigenvalue weighted by Gasteiger charge is -2.08. The van der Waals surface area contributed by atoms with E-state index in [2.05, 4.69) is 38.1 Å². The van der Waals surface area contributed by atoms with Crippen LogP contribution >= 0.6 is 15.9 Å². The second-order valence-electron chi connectivity index (χ2n) is 4.86. The predicted molar refractivity (Wildman–Crippen MR) is 88.2 cm³/mol. The second-order valence-corrected chi connectivity index (χ2v) is 5.77. The smallest absolute Gasteiger partial charge is 0.156 e. The molecule has 0 saturated carbocycles. The lowest BCUT2D eigenvalue weighted by molar-refractivity contribution is 0.102. The van der Waals surface area contributed by atoms with Crippen LogP contribution < -0.4 is 5.32 Å². The number of hydrogen-bond acceptors (Lipinski definition) is 4. The van der Waals surface area contributed by atoms with Crippen LogP contribution in [0.25, 0.3) is 0 Å². The van der Waals surface area contributed by atoms with E-state index in [0.29, 0.717) is 19.0 Å². The summed E-state index contributed by atoms with van der Waals surface area (Å²) in [6.45, 7) is 5.98. The van der Waals surface area contributed by atoms with Crippen LogP contribution in [0.2, 0.25) is 0 Å². The van der Waals surface area contributed by atoms with Crippen molar-refractivity contribution in [2.75, 3.05) is 11.9 Å². The van der Waals surface area contributed by atoms with Crippen LogP contribution in [0.4, 0.5) is 5.82 Å². The molecule has 2 rings (SSSR count). The highest BCUT2D eigenvalue weighted by molar-refractivity contribution is 9.10. The van der Waals surface area contributed by atoms with E-state index in [1.807, 2.05) is 37.3 Å². The minimum Gasteiger partial charge on any atom is -0.370 e. The molecule has 1 N–H and O–H groups in total. The fraction of sp³-hybridized carbons (Fsp3) is 0.375. The van der Waals surface area contributed by atoms with E-state index >= 15 is 0 Å². The first-order valence-electron chi connectivity index (χ1n) is 7.08. The number of rotatable bonds is 7. The molecule has 2 aromatic rings. The fourth-order valence-electron chi connectivity index (χ4n) is 1.88. The van der Waals surface area contributed by atoms with Gasteiger partial charge in [-0.2, -0.15) is 0 Å². The third-order valence-corrected chi connectivity index (χ3v) is 3.40. The Morgan fingerprint density at radius 2 is 1.90 bits per heavy atom. The van der Waals surface area contributed by atoms with Gasteiger partial charge in [0.15, 0.2) is 5.82 Å². The molecule has 0 spiro atoms. The van der Waals surface area contributed by atoms with E-state index in [1.165, 1.54) is 0 Å². The molecule has 0 aliphatic heterocycles. The van der Waals surface area contributed by atoms with Crippen molar-refractivity contribution in [3.8, 4) is 0 Å². The van der Waals surface area contributed by atoms with Crippen molar-refractivity contribution < 1.29 is 4.74 Å². The van der Waals surface area contributed by atoms with Crippen molar-refractivity contribution in [2.45, 2.75) is 33.5 Å². The molecule has 0 aliphatic carbocycles. The molecular formula is C16H20BrN3O. The molecule has 1 heterocycles. The van der Waals surface area contributed by atoms with Crippen molar-refractivity contribution in [3.05, 3.63) is 51.9 Å². The molecule has 0 fully saturated rings. The number of hydrogen-bond donors (Lipinski definition) is 1. The highest BCUT2D eigenvalue weighted by atomic mass is 79.9. The zero-order valence-electron chi connectivity index (χ0n) is 12.4. The number of aryl methyl sites for hydroxylation is 1. The van der Waals surface area contributed by atoms with Gasteiger partial charge in [-0.05, 0) is 31.0 Å². The number of anilines is 1. The summed E-state index contributed by atoms with van der Waals surface area (Å²) < 4.78 is 6.76. The maximum Gasteiger partial charge on any atom is 0.156 e. The summed E-state index contributed by atoms with van der Waals surface area (Å²) in [4.78, 5) is 8.87. The number of ether oxygens (including phenoxy) is 1. The van der Waals surface area contributed by atoms with E-state index in [-0.39, 0.29) is 0 Å². The summed E-state index contributed by atoms with van der Waals surface area (Å²) in [5, 5.41) is 3.28. The number of nitrogens with zero attached hydrogens (tertiary/aromatic N) is 2. The van der Waals surface area contributed by atoms with E-state index in [9.17, 15) is 0 Å². The van der Waals surface area contributed by atoms with Crippen LogP contribution in [0, 0.1) is 6.92 Å². The molecular weight excluding hydrogens is 330 g/mol. The van der Waals surface area contributed by atoms with Gasteiger partial charge in [-0.3, -0.25) is 0 Å². The van der Waals surface area contributed by atoms with Crippen molar-refractivity contribution in [3.63, 3.8) is 0 Å². The van der Waals surface area contributed by atoms with Gasteiger partial charge in [-0.25, -0.2) is 9.97 Å². The summed E-state index contributed by atoms with van der Waals surface area (Å²) in [5.74, 6) is 1.58. The molecule has 0 bridgehead atoms.